The molecular formula is C24H46N6O2. The molecule has 0 bridgehead atoms. The molecule has 0 atom stereocenters. The van der Waals surface area contributed by atoms with Crippen molar-refractivity contribution < 1.29 is 9.59 Å². The topological polar surface area (TPSA) is 113 Å². The summed E-state index contributed by atoms with van der Waals surface area (Å²) in [5, 5.41) is 19.7. The normalized spacial score (nSPS) is 10.9. The van der Waals surface area contributed by atoms with E-state index in [1.54, 1.807) is 0 Å². The van der Waals surface area contributed by atoms with Gasteiger partial charge in [0, 0.05) is 32.4 Å². The standard InChI is InChI=1S/C24H46N6O2/c1-2-20-25-24(32)19-16-21-26-23(31)18-15-13-11-9-7-5-3-4-6-8-10-12-14-17-22-27-29-30-28-22/h2-21H2,1H3,(H,25,32)(H,26,31)(H,27,28,29,30). The van der Waals surface area contributed by atoms with Crippen LogP contribution in [0.25, 0.3) is 0 Å². The van der Waals surface area contributed by atoms with E-state index in [9.17, 15) is 9.59 Å². The predicted octanol–water partition coefficient (Wildman–Crippen LogP) is 4.63. The predicted molar refractivity (Wildman–Crippen MR) is 128 cm³/mol. The SMILES string of the molecule is CCCNC(=O)CCCNC(=O)CCCCCCCCCCCCCCCc1nnn[nH]1. The van der Waals surface area contributed by atoms with Crippen LogP contribution in [-0.4, -0.2) is 45.5 Å². The summed E-state index contributed by atoms with van der Waals surface area (Å²) in [4.78, 5) is 23.3. The van der Waals surface area contributed by atoms with E-state index in [1.165, 1.54) is 64.2 Å². The van der Waals surface area contributed by atoms with Gasteiger partial charge in [-0.25, -0.2) is 5.10 Å². The third-order valence-corrected chi connectivity index (χ3v) is 5.68. The summed E-state index contributed by atoms with van der Waals surface area (Å²) in [6.07, 6.45) is 20.1. The number of carbonyl (C=O) groups excluding carboxylic acids is 2. The molecule has 0 saturated heterocycles. The maximum Gasteiger partial charge on any atom is 0.220 e. The van der Waals surface area contributed by atoms with Gasteiger partial charge < -0.3 is 10.6 Å². The number of aryl methyl sites for hydroxylation is 1. The minimum absolute atomic E-state index is 0.0781. The van der Waals surface area contributed by atoms with Gasteiger partial charge in [-0.2, -0.15) is 0 Å². The van der Waals surface area contributed by atoms with Crippen molar-refractivity contribution in [2.75, 3.05) is 13.1 Å². The molecule has 0 aliphatic rings. The highest BCUT2D eigenvalue weighted by atomic mass is 16.2. The number of rotatable bonds is 22. The van der Waals surface area contributed by atoms with Crippen LogP contribution in [0.5, 0.6) is 0 Å². The quantitative estimate of drug-likeness (QED) is 0.223. The fourth-order valence-electron chi connectivity index (χ4n) is 3.73. The molecule has 0 aliphatic carbocycles. The summed E-state index contributed by atoms with van der Waals surface area (Å²) in [5.74, 6) is 1.09. The van der Waals surface area contributed by atoms with Crippen molar-refractivity contribution >= 4 is 11.8 Å². The van der Waals surface area contributed by atoms with Crippen LogP contribution in [-0.2, 0) is 16.0 Å². The molecule has 2 amide bonds. The minimum Gasteiger partial charge on any atom is -0.356 e. The molecule has 1 rings (SSSR count). The first kappa shape index (κ1) is 28.0. The molecule has 1 aromatic rings. The molecule has 0 saturated carbocycles. The van der Waals surface area contributed by atoms with E-state index in [0.717, 1.165) is 44.5 Å². The fraction of sp³-hybridized carbons (Fsp3) is 0.875. The number of hydrogen-bond acceptors (Lipinski definition) is 5. The van der Waals surface area contributed by atoms with Crippen LogP contribution < -0.4 is 10.6 Å². The Bertz CT molecular complexity index is 565. The molecule has 0 radical (unpaired) electrons. The second kappa shape index (κ2) is 20.9. The molecule has 32 heavy (non-hydrogen) atoms. The highest BCUT2D eigenvalue weighted by molar-refractivity contribution is 5.77. The molecule has 8 nitrogen and oxygen atoms in total. The number of tetrazole rings is 1. The first-order valence-corrected chi connectivity index (χ1v) is 13.0. The van der Waals surface area contributed by atoms with E-state index in [1.807, 2.05) is 6.92 Å². The van der Waals surface area contributed by atoms with Crippen LogP contribution in [0.2, 0.25) is 0 Å². The summed E-state index contributed by atoms with van der Waals surface area (Å²) in [5.41, 5.74) is 0. The van der Waals surface area contributed by atoms with Crippen molar-refractivity contribution in [2.45, 2.75) is 122 Å². The van der Waals surface area contributed by atoms with Gasteiger partial charge in [-0.3, -0.25) is 9.59 Å². The lowest BCUT2D eigenvalue weighted by Crippen LogP contribution is -2.27. The summed E-state index contributed by atoms with van der Waals surface area (Å²) < 4.78 is 0. The highest BCUT2D eigenvalue weighted by Gasteiger charge is 2.03. The maximum absolute atomic E-state index is 11.8. The zero-order chi connectivity index (χ0) is 23.1. The van der Waals surface area contributed by atoms with Crippen molar-refractivity contribution in [3.05, 3.63) is 5.82 Å². The number of H-pyrrole nitrogens is 1. The van der Waals surface area contributed by atoms with Crippen LogP contribution >= 0.6 is 0 Å². The molecule has 0 unspecified atom stereocenters. The average Bonchev–Trinajstić information content (AvgIpc) is 3.31. The van der Waals surface area contributed by atoms with Crippen molar-refractivity contribution in [1.29, 1.82) is 0 Å². The van der Waals surface area contributed by atoms with Gasteiger partial charge >= 0.3 is 0 Å². The maximum atomic E-state index is 11.8. The van der Waals surface area contributed by atoms with Gasteiger partial charge in [-0.05, 0) is 36.1 Å². The van der Waals surface area contributed by atoms with Gasteiger partial charge in [0.15, 0.2) is 0 Å². The Kier molecular flexibility index (Phi) is 18.3. The lowest BCUT2D eigenvalue weighted by atomic mass is 10.0. The summed E-state index contributed by atoms with van der Waals surface area (Å²) >= 11 is 0. The molecule has 0 fully saturated rings. The van der Waals surface area contributed by atoms with Gasteiger partial charge in [0.2, 0.25) is 11.8 Å². The van der Waals surface area contributed by atoms with E-state index in [2.05, 4.69) is 31.3 Å². The molecule has 184 valence electrons. The zero-order valence-corrected chi connectivity index (χ0v) is 20.3. The van der Waals surface area contributed by atoms with Crippen LogP contribution in [0.4, 0.5) is 0 Å². The van der Waals surface area contributed by atoms with Crippen molar-refractivity contribution in [3.8, 4) is 0 Å². The first-order valence-electron chi connectivity index (χ1n) is 13.0. The largest absolute Gasteiger partial charge is 0.356 e. The third-order valence-electron chi connectivity index (χ3n) is 5.68. The van der Waals surface area contributed by atoms with E-state index < -0.39 is 0 Å². The Balaban J connectivity index is 1.73. The number of amides is 2. The second-order valence-corrected chi connectivity index (χ2v) is 8.75. The zero-order valence-electron chi connectivity index (χ0n) is 20.3. The van der Waals surface area contributed by atoms with Gasteiger partial charge in [-0.15, -0.1) is 5.10 Å². The second-order valence-electron chi connectivity index (χ2n) is 8.75. The van der Waals surface area contributed by atoms with Crippen molar-refractivity contribution in [3.63, 3.8) is 0 Å². The smallest absolute Gasteiger partial charge is 0.220 e. The number of carbonyl (C=O) groups is 2. The molecular weight excluding hydrogens is 404 g/mol. The summed E-state index contributed by atoms with van der Waals surface area (Å²) in [6, 6.07) is 0. The van der Waals surface area contributed by atoms with Crippen molar-refractivity contribution in [2.24, 2.45) is 0 Å². The molecule has 8 heteroatoms. The number of unbranched alkanes of at least 4 members (excludes halogenated alkanes) is 12. The Morgan fingerprint density at radius 1 is 0.688 bits per heavy atom. The molecule has 0 aliphatic heterocycles. The third kappa shape index (κ3) is 17.7. The van der Waals surface area contributed by atoms with Crippen LogP contribution in [0, 0.1) is 0 Å². The Hall–Kier alpha value is -1.99. The monoisotopic (exact) mass is 450 g/mol. The van der Waals surface area contributed by atoms with E-state index >= 15 is 0 Å². The number of nitrogens with one attached hydrogen (secondary N) is 3. The number of nitrogens with zero attached hydrogens (tertiary/aromatic N) is 3. The van der Waals surface area contributed by atoms with E-state index in [0.29, 0.717) is 25.8 Å². The van der Waals surface area contributed by atoms with Crippen LogP contribution in [0.1, 0.15) is 122 Å². The molecule has 3 N–H and O–H groups in total. The van der Waals surface area contributed by atoms with Gasteiger partial charge in [0.05, 0.1) is 0 Å². The first-order chi connectivity index (χ1) is 15.7. The Morgan fingerprint density at radius 2 is 1.19 bits per heavy atom. The summed E-state index contributed by atoms with van der Waals surface area (Å²) in [7, 11) is 0. The lowest BCUT2D eigenvalue weighted by Gasteiger charge is -2.06. The van der Waals surface area contributed by atoms with E-state index in [4.69, 9.17) is 0 Å². The van der Waals surface area contributed by atoms with Crippen LogP contribution in [0.15, 0.2) is 0 Å². The van der Waals surface area contributed by atoms with Gasteiger partial charge in [0.1, 0.15) is 5.82 Å². The number of aromatic amines is 1. The van der Waals surface area contributed by atoms with Gasteiger partial charge in [-0.1, -0.05) is 77.6 Å². The minimum atomic E-state index is 0.0781. The molecule has 1 aromatic heterocycles. The summed E-state index contributed by atoms with van der Waals surface area (Å²) in [6.45, 7) is 3.36. The number of hydrogen-bond donors (Lipinski definition) is 3. The van der Waals surface area contributed by atoms with Crippen LogP contribution in [0.3, 0.4) is 0 Å². The van der Waals surface area contributed by atoms with E-state index in [-0.39, 0.29) is 11.8 Å². The van der Waals surface area contributed by atoms with Crippen molar-refractivity contribution in [1.82, 2.24) is 31.3 Å². The Morgan fingerprint density at radius 3 is 1.72 bits per heavy atom. The number of aromatic nitrogens is 4. The fourth-order valence-corrected chi connectivity index (χ4v) is 3.73. The average molecular weight is 451 g/mol. The van der Waals surface area contributed by atoms with Gasteiger partial charge in [0.25, 0.3) is 0 Å². The Labute approximate surface area is 194 Å². The molecule has 0 aromatic carbocycles. The molecule has 0 spiro atoms. The lowest BCUT2D eigenvalue weighted by molar-refractivity contribution is -0.123. The highest BCUT2D eigenvalue weighted by Crippen LogP contribution is 2.13. The molecule has 1 heterocycles.